The summed E-state index contributed by atoms with van der Waals surface area (Å²) in [6.45, 7) is 6.61. The van der Waals surface area contributed by atoms with E-state index in [1.54, 1.807) is 0 Å². The highest BCUT2D eigenvalue weighted by Crippen LogP contribution is 2.27. The predicted octanol–water partition coefficient (Wildman–Crippen LogP) is 3.34. The molecule has 1 heterocycles. The Morgan fingerprint density at radius 1 is 0.815 bits per heavy atom. The van der Waals surface area contributed by atoms with Gasteiger partial charge in [-0.05, 0) is 17.0 Å². The van der Waals surface area contributed by atoms with E-state index in [9.17, 15) is 9.59 Å². The molecule has 3 rings (SSSR count). The molecular weight excluding hydrogens is 336 g/mol. The Balaban J connectivity index is 1.59. The molecule has 2 aromatic carbocycles. The zero-order valence-corrected chi connectivity index (χ0v) is 16.2. The van der Waals surface area contributed by atoms with Gasteiger partial charge in [0.05, 0.1) is 12.3 Å². The number of hydrogen-bond acceptors (Lipinski definition) is 2. The molecule has 1 saturated heterocycles. The van der Waals surface area contributed by atoms with Crippen molar-refractivity contribution < 1.29 is 9.59 Å². The molecule has 0 aromatic heterocycles. The standard InChI is InChI=1S/C23H28N2O2/c1-18(2)22(20-11-7-4-8-12-20)23(27)25-15-13-24(14-16-25)21(26)17-19-9-5-3-6-10-19/h3-12,18,22H,13-17H2,1-2H3. The van der Waals surface area contributed by atoms with E-state index in [1.807, 2.05) is 70.5 Å². The highest BCUT2D eigenvalue weighted by molar-refractivity contribution is 5.84. The number of benzene rings is 2. The van der Waals surface area contributed by atoms with Crippen molar-refractivity contribution in [2.45, 2.75) is 26.2 Å². The van der Waals surface area contributed by atoms with Crippen LogP contribution in [-0.4, -0.2) is 47.8 Å². The minimum absolute atomic E-state index is 0.127. The van der Waals surface area contributed by atoms with Gasteiger partial charge in [-0.2, -0.15) is 0 Å². The normalized spacial score (nSPS) is 15.7. The smallest absolute Gasteiger partial charge is 0.230 e. The first kappa shape index (κ1) is 19.2. The maximum Gasteiger partial charge on any atom is 0.230 e. The Bertz CT molecular complexity index is 750. The van der Waals surface area contributed by atoms with Crippen molar-refractivity contribution in [1.29, 1.82) is 0 Å². The summed E-state index contributed by atoms with van der Waals surface area (Å²) in [7, 11) is 0. The van der Waals surface area contributed by atoms with Gasteiger partial charge in [-0.1, -0.05) is 74.5 Å². The molecule has 0 radical (unpaired) electrons. The summed E-state index contributed by atoms with van der Waals surface area (Å²) in [6, 6.07) is 19.8. The van der Waals surface area contributed by atoms with Crippen molar-refractivity contribution in [2.75, 3.05) is 26.2 Å². The van der Waals surface area contributed by atoms with Gasteiger partial charge >= 0.3 is 0 Å². The Hall–Kier alpha value is -2.62. The van der Waals surface area contributed by atoms with Gasteiger partial charge in [0.2, 0.25) is 11.8 Å². The summed E-state index contributed by atoms with van der Waals surface area (Å²) in [5.74, 6) is 0.415. The number of piperazine rings is 1. The van der Waals surface area contributed by atoms with E-state index in [4.69, 9.17) is 0 Å². The van der Waals surface area contributed by atoms with Gasteiger partial charge < -0.3 is 9.80 Å². The molecule has 4 nitrogen and oxygen atoms in total. The Morgan fingerprint density at radius 3 is 1.89 bits per heavy atom. The van der Waals surface area contributed by atoms with Crippen LogP contribution < -0.4 is 0 Å². The molecule has 0 bridgehead atoms. The summed E-state index contributed by atoms with van der Waals surface area (Å²) in [4.78, 5) is 29.5. The summed E-state index contributed by atoms with van der Waals surface area (Å²) >= 11 is 0. The zero-order chi connectivity index (χ0) is 19.2. The second kappa shape index (κ2) is 8.85. The quantitative estimate of drug-likeness (QED) is 0.816. The van der Waals surface area contributed by atoms with E-state index >= 15 is 0 Å². The summed E-state index contributed by atoms with van der Waals surface area (Å²) in [6.07, 6.45) is 0.424. The molecule has 0 N–H and O–H groups in total. The number of carbonyl (C=O) groups excluding carboxylic acids is 2. The van der Waals surface area contributed by atoms with Gasteiger partial charge in [-0.3, -0.25) is 9.59 Å². The lowest BCUT2D eigenvalue weighted by Gasteiger charge is -2.37. The van der Waals surface area contributed by atoms with Gasteiger partial charge in [0.1, 0.15) is 0 Å². The molecule has 2 aromatic rings. The Morgan fingerprint density at radius 2 is 1.33 bits per heavy atom. The van der Waals surface area contributed by atoms with E-state index < -0.39 is 0 Å². The van der Waals surface area contributed by atoms with Crippen molar-refractivity contribution >= 4 is 11.8 Å². The average molecular weight is 364 g/mol. The van der Waals surface area contributed by atoms with Gasteiger partial charge in [0.25, 0.3) is 0 Å². The van der Waals surface area contributed by atoms with E-state index in [0.717, 1.165) is 11.1 Å². The van der Waals surface area contributed by atoms with E-state index in [1.165, 1.54) is 0 Å². The molecule has 1 fully saturated rings. The highest BCUT2D eigenvalue weighted by Gasteiger charge is 2.31. The van der Waals surface area contributed by atoms with Crippen LogP contribution in [0.25, 0.3) is 0 Å². The third kappa shape index (κ3) is 4.76. The SMILES string of the molecule is CC(C)C(C(=O)N1CCN(C(=O)Cc2ccccc2)CC1)c1ccccc1. The molecule has 1 atom stereocenters. The van der Waals surface area contributed by atoms with Crippen LogP contribution in [-0.2, 0) is 16.0 Å². The fourth-order valence-electron chi connectivity index (χ4n) is 3.73. The molecular formula is C23H28N2O2. The molecule has 1 aliphatic heterocycles. The van der Waals surface area contributed by atoms with Crippen molar-refractivity contribution in [2.24, 2.45) is 5.92 Å². The molecule has 2 amide bonds. The first-order valence-corrected chi connectivity index (χ1v) is 9.71. The first-order valence-electron chi connectivity index (χ1n) is 9.71. The molecule has 0 spiro atoms. The lowest BCUT2D eigenvalue weighted by atomic mass is 9.87. The van der Waals surface area contributed by atoms with Crippen LogP contribution in [0.3, 0.4) is 0 Å². The topological polar surface area (TPSA) is 40.6 Å². The molecule has 1 aliphatic rings. The van der Waals surface area contributed by atoms with E-state index in [2.05, 4.69) is 13.8 Å². The molecule has 1 unspecified atom stereocenters. The van der Waals surface area contributed by atoms with Crippen LogP contribution in [0.5, 0.6) is 0 Å². The minimum Gasteiger partial charge on any atom is -0.339 e. The fraction of sp³-hybridized carbons (Fsp3) is 0.391. The maximum atomic E-state index is 13.1. The number of amides is 2. The molecule has 0 saturated carbocycles. The molecule has 142 valence electrons. The van der Waals surface area contributed by atoms with Gasteiger partial charge in [-0.15, -0.1) is 0 Å². The number of carbonyl (C=O) groups is 2. The second-order valence-electron chi connectivity index (χ2n) is 7.50. The Labute approximate surface area is 161 Å². The monoisotopic (exact) mass is 364 g/mol. The van der Waals surface area contributed by atoms with Crippen molar-refractivity contribution in [3.63, 3.8) is 0 Å². The average Bonchev–Trinajstić information content (AvgIpc) is 2.69. The van der Waals surface area contributed by atoms with Crippen LogP contribution in [0.4, 0.5) is 0 Å². The van der Waals surface area contributed by atoms with Crippen LogP contribution >= 0.6 is 0 Å². The fourth-order valence-corrected chi connectivity index (χ4v) is 3.73. The predicted molar refractivity (Wildman–Crippen MR) is 107 cm³/mol. The number of hydrogen-bond donors (Lipinski definition) is 0. The number of rotatable bonds is 5. The first-order chi connectivity index (χ1) is 13.1. The van der Waals surface area contributed by atoms with Crippen LogP contribution in [0.15, 0.2) is 60.7 Å². The van der Waals surface area contributed by atoms with Crippen molar-refractivity contribution in [3.8, 4) is 0 Å². The highest BCUT2D eigenvalue weighted by atomic mass is 16.2. The molecule has 0 aliphatic carbocycles. The van der Waals surface area contributed by atoms with Crippen molar-refractivity contribution in [1.82, 2.24) is 9.80 Å². The maximum absolute atomic E-state index is 13.1. The van der Waals surface area contributed by atoms with Gasteiger partial charge in [0, 0.05) is 26.2 Å². The lowest BCUT2D eigenvalue weighted by molar-refractivity contribution is -0.140. The molecule has 27 heavy (non-hydrogen) atoms. The number of nitrogens with zero attached hydrogens (tertiary/aromatic N) is 2. The third-order valence-corrected chi connectivity index (χ3v) is 5.23. The largest absolute Gasteiger partial charge is 0.339 e. The van der Waals surface area contributed by atoms with E-state index in [0.29, 0.717) is 32.6 Å². The van der Waals surface area contributed by atoms with Crippen molar-refractivity contribution in [3.05, 3.63) is 71.8 Å². The third-order valence-electron chi connectivity index (χ3n) is 5.23. The second-order valence-corrected chi connectivity index (χ2v) is 7.50. The zero-order valence-electron chi connectivity index (χ0n) is 16.2. The van der Waals surface area contributed by atoms with Crippen LogP contribution in [0.1, 0.15) is 30.9 Å². The molecule has 4 heteroatoms. The Kier molecular flexibility index (Phi) is 6.28. The van der Waals surface area contributed by atoms with Crippen LogP contribution in [0.2, 0.25) is 0 Å². The lowest BCUT2D eigenvalue weighted by Crippen LogP contribution is -2.52. The van der Waals surface area contributed by atoms with E-state index in [-0.39, 0.29) is 23.7 Å². The minimum atomic E-state index is -0.127. The van der Waals surface area contributed by atoms with Gasteiger partial charge in [0.15, 0.2) is 0 Å². The van der Waals surface area contributed by atoms with Gasteiger partial charge in [-0.25, -0.2) is 0 Å². The summed E-state index contributed by atoms with van der Waals surface area (Å²) in [5.41, 5.74) is 2.10. The summed E-state index contributed by atoms with van der Waals surface area (Å²) < 4.78 is 0. The summed E-state index contributed by atoms with van der Waals surface area (Å²) in [5, 5.41) is 0. The van der Waals surface area contributed by atoms with Crippen LogP contribution in [0, 0.1) is 5.92 Å².